The maximum atomic E-state index is 13.6. The third kappa shape index (κ3) is 5.31. The van der Waals surface area contributed by atoms with Crippen LogP contribution >= 0.6 is 0 Å². The number of methoxy groups -OCH3 is 2. The summed E-state index contributed by atoms with van der Waals surface area (Å²) in [6.45, 7) is 6.56. The number of hydrogen-bond donors (Lipinski definition) is 1. The van der Waals surface area contributed by atoms with Crippen molar-refractivity contribution >= 4 is 6.09 Å². The molecule has 3 rings (SSSR count). The van der Waals surface area contributed by atoms with Crippen molar-refractivity contribution in [3.63, 3.8) is 0 Å². The van der Waals surface area contributed by atoms with Crippen molar-refractivity contribution < 1.29 is 24.1 Å². The van der Waals surface area contributed by atoms with E-state index in [1.807, 2.05) is 24.3 Å². The van der Waals surface area contributed by atoms with Gasteiger partial charge in [0.05, 0.1) is 31.9 Å². The molecule has 1 aromatic carbocycles. The number of piperazine rings is 1. The molecule has 1 unspecified atom stereocenters. The zero-order valence-electron chi connectivity index (χ0n) is 19.7. The Morgan fingerprint density at radius 1 is 1.15 bits per heavy atom. The van der Waals surface area contributed by atoms with Gasteiger partial charge in [0.1, 0.15) is 11.5 Å². The lowest BCUT2D eigenvalue weighted by atomic mass is 9.95. The Balaban J connectivity index is 2.07. The summed E-state index contributed by atoms with van der Waals surface area (Å²) in [7, 11) is 3.17. The van der Waals surface area contributed by atoms with Crippen molar-refractivity contribution in [3.8, 4) is 11.5 Å². The predicted molar refractivity (Wildman–Crippen MR) is 124 cm³/mol. The molecule has 180 valence electrons. The Morgan fingerprint density at radius 2 is 1.85 bits per heavy atom. The fraction of sp³-hybridized carbons (Fsp3) is 0.500. The van der Waals surface area contributed by atoms with Crippen LogP contribution in [0, 0.1) is 6.92 Å². The van der Waals surface area contributed by atoms with Crippen LogP contribution in [0.1, 0.15) is 29.8 Å². The number of aryl methyl sites for hydroxylation is 1. The molecular formula is C24H33N3O6. The van der Waals surface area contributed by atoms with Gasteiger partial charge in [-0.1, -0.05) is 18.2 Å². The monoisotopic (exact) mass is 459 g/mol. The Labute approximate surface area is 194 Å². The first-order valence-corrected chi connectivity index (χ1v) is 11.1. The molecule has 1 atom stereocenters. The summed E-state index contributed by atoms with van der Waals surface area (Å²) < 4.78 is 17.5. The summed E-state index contributed by atoms with van der Waals surface area (Å²) in [5.74, 6) is 0.563. The van der Waals surface area contributed by atoms with E-state index in [0.29, 0.717) is 57.4 Å². The van der Waals surface area contributed by atoms with Gasteiger partial charge in [0.15, 0.2) is 0 Å². The van der Waals surface area contributed by atoms with Crippen molar-refractivity contribution in [2.75, 3.05) is 53.6 Å². The number of nitrogens with zero attached hydrogens (tertiary/aromatic N) is 3. The van der Waals surface area contributed by atoms with Crippen molar-refractivity contribution in [2.45, 2.75) is 26.4 Å². The molecule has 0 bridgehead atoms. The molecule has 1 fully saturated rings. The number of aromatic nitrogens is 1. The molecule has 1 aliphatic rings. The minimum absolute atomic E-state index is 0.0603. The van der Waals surface area contributed by atoms with Gasteiger partial charge in [-0.3, -0.25) is 9.69 Å². The van der Waals surface area contributed by atoms with Crippen LogP contribution in [-0.4, -0.2) is 79.2 Å². The quantitative estimate of drug-likeness (QED) is 0.648. The summed E-state index contributed by atoms with van der Waals surface area (Å²) in [6, 6.07) is 8.56. The molecular weight excluding hydrogens is 426 g/mol. The van der Waals surface area contributed by atoms with Gasteiger partial charge < -0.3 is 28.8 Å². The van der Waals surface area contributed by atoms with E-state index in [-0.39, 0.29) is 23.0 Å². The topological polar surface area (TPSA) is 93.5 Å². The second kappa shape index (κ2) is 11.2. The highest BCUT2D eigenvalue weighted by Gasteiger charge is 2.34. The lowest BCUT2D eigenvalue weighted by Crippen LogP contribution is -2.50. The first-order valence-electron chi connectivity index (χ1n) is 11.1. The van der Waals surface area contributed by atoms with Crippen LogP contribution in [0.15, 0.2) is 35.1 Å². The second-order valence-electron chi connectivity index (χ2n) is 7.90. The molecule has 0 aliphatic carbocycles. The molecule has 0 spiro atoms. The average Bonchev–Trinajstić information content (AvgIpc) is 2.82. The first kappa shape index (κ1) is 24.6. The van der Waals surface area contributed by atoms with Crippen LogP contribution in [0.25, 0.3) is 0 Å². The maximum Gasteiger partial charge on any atom is 0.409 e. The predicted octanol–water partition coefficient (Wildman–Crippen LogP) is 2.38. The molecule has 0 radical (unpaired) electrons. The summed E-state index contributed by atoms with van der Waals surface area (Å²) >= 11 is 0. The van der Waals surface area contributed by atoms with Gasteiger partial charge in [0.25, 0.3) is 5.56 Å². The maximum absolute atomic E-state index is 13.6. The van der Waals surface area contributed by atoms with Crippen molar-refractivity contribution in [1.29, 1.82) is 0 Å². The van der Waals surface area contributed by atoms with Gasteiger partial charge in [-0.15, -0.1) is 0 Å². The summed E-state index contributed by atoms with van der Waals surface area (Å²) in [4.78, 5) is 29.5. The van der Waals surface area contributed by atoms with Gasteiger partial charge >= 0.3 is 6.09 Å². The third-order valence-corrected chi connectivity index (χ3v) is 5.95. The lowest BCUT2D eigenvalue weighted by molar-refractivity contribution is 0.0705. The highest BCUT2D eigenvalue weighted by molar-refractivity contribution is 5.67. The number of carbonyl (C=O) groups is 1. The van der Waals surface area contributed by atoms with Gasteiger partial charge in [-0.25, -0.2) is 4.79 Å². The zero-order valence-corrected chi connectivity index (χ0v) is 19.7. The van der Waals surface area contributed by atoms with Crippen LogP contribution in [0.5, 0.6) is 11.5 Å². The molecule has 1 N–H and O–H groups in total. The van der Waals surface area contributed by atoms with Crippen LogP contribution in [0.4, 0.5) is 4.79 Å². The van der Waals surface area contributed by atoms with Crippen molar-refractivity contribution in [3.05, 3.63) is 57.5 Å². The zero-order chi connectivity index (χ0) is 24.0. The largest absolute Gasteiger partial charge is 0.507 e. The van der Waals surface area contributed by atoms with E-state index in [9.17, 15) is 14.7 Å². The van der Waals surface area contributed by atoms with Crippen LogP contribution < -0.4 is 10.3 Å². The summed E-state index contributed by atoms with van der Waals surface area (Å²) in [5.41, 5.74) is 1.45. The van der Waals surface area contributed by atoms with Gasteiger partial charge in [0, 0.05) is 51.1 Å². The summed E-state index contributed by atoms with van der Waals surface area (Å²) in [5, 5.41) is 11.0. The van der Waals surface area contributed by atoms with Crippen molar-refractivity contribution in [1.82, 2.24) is 14.4 Å². The van der Waals surface area contributed by atoms with E-state index in [2.05, 4.69) is 4.90 Å². The smallest absolute Gasteiger partial charge is 0.409 e. The van der Waals surface area contributed by atoms with E-state index in [1.165, 1.54) is 0 Å². The Hall–Kier alpha value is -3.04. The fourth-order valence-electron chi connectivity index (χ4n) is 4.29. The number of aromatic hydroxyl groups is 1. The Bertz CT molecular complexity index is 1010. The summed E-state index contributed by atoms with van der Waals surface area (Å²) in [6.07, 6.45) is -0.342. The first-order chi connectivity index (χ1) is 15.9. The number of amides is 1. The molecule has 33 heavy (non-hydrogen) atoms. The number of pyridine rings is 1. The highest BCUT2D eigenvalue weighted by Crippen LogP contribution is 2.37. The Kier molecular flexibility index (Phi) is 8.35. The lowest BCUT2D eigenvalue weighted by Gasteiger charge is -2.39. The fourth-order valence-corrected chi connectivity index (χ4v) is 4.29. The van der Waals surface area contributed by atoms with Gasteiger partial charge in [-0.05, 0) is 26.0 Å². The van der Waals surface area contributed by atoms with E-state index in [1.54, 1.807) is 43.6 Å². The minimum Gasteiger partial charge on any atom is -0.507 e. The normalized spacial score (nSPS) is 15.3. The molecule has 1 aliphatic heterocycles. The number of ether oxygens (including phenoxy) is 3. The number of rotatable bonds is 8. The molecule has 9 nitrogen and oxygen atoms in total. The molecule has 9 heteroatoms. The minimum atomic E-state index is -0.549. The molecule has 2 aromatic rings. The molecule has 2 heterocycles. The van der Waals surface area contributed by atoms with Crippen LogP contribution in [0.2, 0.25) is 0 Å². The van der Waals surface area contributed by atoms with E-state index >= 15 is 0 Å². The third-order valence-electron chi connectivity index (χ3n) is 5.95. The second-order valence-corrected chi connectivity index (χ2v) is 7.90. The molecule has 1 amide bonds. The Morgan fingerprint density at radius 3 is 2.48 bits per heavy atom. The molecule has 1 saturated heterocycles. The average molecular weight is 460 g/mol. The molecule has 0 saturated carbocycles. The van der Waals surface area contributed by atoms with E-state index in [4.69, 9.17) is 14.2 Å². The van der Waals surface area contributed by atoms with Crippen LogP contribution in [0.3, 0.4) is 0 Å². The number of para-hydroxylation sites is 1. The number of hydrogen-bond acceptors (Lipinski definition) is 7. The SMILES string of the molecule is CCOC(=O)N1CCN(C(c2ccccc2OC)c2c(O)cc(C)n(CCOC)c2=O)CC1. The van der Waals surface area contributed by atoms with Crippen molar-refractivity contribution in [2.24, 2.45) is 0 Å². The van der Waals surface area contributed by atoms with E-state index in [0.717, 1.165) is 5.56 Å². The van der Waals surface area contributed by atoms with Crippen LogP contribution in [-0.2, 0) is 16.0 Å². The van der Waals surface area contributed by atoms with Gasteiger partial charge in [0.2, 0.25) is 0 Å². The number of benzene rings is 1. The van der Waals surface area contributed by atoms with Gasteiger partial charge in [-0.2, -0.15) is 0 Å². The van der Waals surface area contributed by atoms with E-state index < -0.39 is 6.04 Å². The standard InChI is InChI=1S/C24H33N3O6/c1-5-33-24(30)26-12-10-25(11-13-26)22(18-8-6-7-9-20(18)32-4)21-19(28)16-17(2)27(23(21)29)14-15-31-3/h6-9,16,22,28H,5,10-15H2,1-4H3. The molecule has 1 aromatic heterocycles. The highest BCUT2D eigenvalue weighted by atomic mass is 16.6. The number of carbonyl (C=O) groups excluding carboxylic acids is 1.